The van der Waals surface area contributed by atoms with Crippen molar-refractivity contribution in [1.29, 1.82) is 0 Å². The number of benzene rings is 3. The first-order valence-corrected chi connectivity index (χ1v) is 10.6. The van der Waals surface area contributed by atoms with Gasteiger partial charge in [-0.2, -0.15) is 13.2 Å². The molecule has 1 N–H and O–H groups in total. The first-order valence-electron chi connectivity index (χ1n) is 10.6. The molecule has 0 unspecified atom stereocenters. The van der Waals surface area contributed by atoms with E-state index >= 15 is 0 Å². The molecule has 0 spiro atoms. The molecule has 0 saturated heterocycles. The van der Waals surface area contributed by atoms with Gasteiger partial charge in [0.1, 0.15) is 17.1 Å². The highest BCUT2D eigenvalue weighted by molar-refractivity contribution is 6.06. The number of carbonyl (C=O) groups is 1. The van der Waals surface area contributed by atoms with Gasteiger partial charge < -0.3 is 14.5 Å². The van der Waals surface area contributed by atoms with E-state index in [4.69, 9.17) is 9.15 Å². The van der Waals surface area contributed by atoms with Gasteiger partial charge in [0.15, 0.2) is 0 Å². The smallest absolute Gasteiger partial charge is 0.419 e. The lowest BCUT2D eigenvalue weighted by Crippen LogP contribution is -2.12. The molecule has 0 bridgehead atoms. The number of methoxy groups -OCH3 is 1. The van der Waals surface area contributed by atoms with Crippen LogP contribution in [-0.4, -0.2) is 13.0 Å². The van der Waals surface area contributed by atoms with Gasteiger partial charge in [-0.25, -0.2) is 4.39 Å². The summed E-state index contributed by atoms with van der Waals surface area (Å²) in [6.45, 7) is 3.53. The Labute approximate surface area is 198 Å². The maximum Gasteiger partial charge on any atom is 0.419 e. The normalized spacial score (nSPS) is 12.1. The molecule has 0 atom stereocenters. The third-order valence-corrected chi connectivity index (χ3v) is 5.64. The average molecular weight is 483 g/mol. The molecule has 1 heterocycles. The summed E-state index contributed by atoms with van der Waals surface area (Å²) in [5.41, 5.74) is 2.73. The standard InChI is InChI=1S/C27H21F4NO3/c1-15(11-24(33)32-18-9-10-23(28)22(12-18)27(29,30)31)19-13-20-21(17-7-5-4-6-8-17)14-35-26(20)16(2)25(19)34-3/h4-14H,1-3H3,(H,32,33)/b15-11+. The lowest BCUT2D eigenvalue weighted by molar-refractivity contribution is -0.140. The molecule has 4 aromatic rings. The van der Waals surface area contributed by atoms with Crippen molar-refractivity contribution < 1.29 is 31.5 Å². The van der Waals surface area contributed by atoms with Crippen LogP contribution in [0.1, 0.15) is 23.6 Å². The van der Waals surface area contributed by atoms with Crippen LogP contribution in [0.25, 0.3) is 27.7 Å². The molecular formula is C27H21F4NO3. The number of amides is 1. The number of furan rings is 1. The van der Waals surface area contributed by atoms with E-state index in [2.05, 4.69) is 5.32 Å². The van der Waals surface area contributed by atoms with Gasteiger partial charge in [-0.05, 0) is 49.2 Å². The third kappa shape index (κ3) is 4.77. The number of nitrogens with one attached hydrogen (secondary N) is 1. The Morgan fingerprint density at radius 1 is 1.09 bits per heavy atom. The van der Waals surface area contributed by atoms with Crippen molar-refractivity contribution in [2.45, 2.75) is 20.0 Å². The predicted octanol–water partition coefficient (Wildman–Crippen LogP) is 7.62. The first kappa shape index (κ1) is 24.1. The van der Waals surface area contributed by atoms with Crippen LogP contribution in [0.4, 0.5) is 23.2 Å². The van der Waals surface area contributed by atoms with E-state index in [0.717, 1.165) is 28.1 Å². The van der Waals surface area contributed by atoms with E-state index < -0.39 is 23.5 Å². The molecule has 180 valence electrons. The highest BCUT2D eigenvalue weighted by Crippen LogP contribution is 2.40. The van der Waals surface area contributed by atoms with E-state index in [-0.39, 0.29) is 5.69 Å². The van der Waals surface area contributed by atoms with Gasteiger partial charge in [-0.1, -0.05) is 30.3 Å². The largest absolute Gasteiger partial charge is 0.496 e. The number of hydrogen-bond donors (Lipinski definition) is 1. The Kier molecular flexibility index (Phi) is 6.39. The molecule has 1 aromatic heterocycles. The number of anilines is 1. The first-order chi connectivity index (χ1) is 16.6. The maximum absolute atomic E-state index is 13.5. The molecule has 1 amide bonds. The van der Waals surface area contributed by atoms with E-state index in [1.165, 1.54) is 13.2 Å². The fourth-order valence-electron chi connectivity index (χ4n) is 3.99. The van der Waals surface area contributed by atoms with Crippen LogP contribution < -0.4 is 10.1 Å². The molecule has 0 fully saturated rings. The van der Waals surface area contributed by atoms with Gasteiger partial charge in [0.25, 0.3) is 0 Å². The lowest BCUT2D eigenvalue weighted by Gasteiger charge is -2.14. The number of aryl methyl sites for hydroxylation is 1. The second kappa shape index (κ2) is 9.29. The SMILES string of the molecule is COc1c(/C(C)=C/C(=O)Nc2ccc(F)c(C(F)(F)F)c2)cc2c(-c3ccccc3)coc2c1C. The number of ether oxygens (including phenoxy) is 1. The van der Waals surface area contributed by atoms with Crippen molar-refractivity contribution in [2.75, 3.05) is 12.4 Å². The zero-order valence-electron chi connectivity index (χ0n) is 19.1. The van der Waals surface area contributed by atoms with E-state index in [0.29, 0.717) is 34.6 Å². The number of hydrogen-bond acceptors (Lipinski definition) is 3. The molecule has 0 aliphatic heterocycles. The van der Waals surface area contributed by atoms with Crippen LogP contribution >= 0.6 is 0 Å². The fourth-order valence-corrected chi connectivity index (χ4v) is 3.99. The van der Waals surface area contributed by atoms with E-state index in [1.807, 2.05) is 43.3 Å². The Morgan fingerprint density at radius 3 is 2.46 bits per heavy atom. The third-order valence-electron chi connectivity index (χ3n) is 5.64. The van der Waals surface area contributed by atoms with E-state index in [1.54, 1.807) is 13.2 Å². The Morgan fingerprint density at radius 2 is 1.80 bits per heavy atom. The topological polar surface area (TPSA) is 51.5 Å². The summed E-state index contributed by atoms with van der Waals surface area (Å²) in [5, 5.41) is 3.19. The number of alkyl halides is 3. The molecular weight excluding hydrogens is 462 g/mol. The molecule has 3 aromatic carbocycles. The van der Waals surface area contributed by atoms with Gasteiger partial charge in [0.2, 0.25) is 5.91 Å². The number of halogens is 4. The van der Waals surface area contributed by atoms with Gasteiger partial charge in [-0.3, -0.25) is 4.79 Å². The number of allylic oxidation sites excluding steroid dienone is 1. The number of carbonyl (C=O) groups excluding carboxylic acids is 1. The van der Waals surface area contributed by atoms with Crippen molar-refractivity contribution >= 4 is 28.1 Å². The maximum atomic E-state index is 13.5. The van der Waals surface area contributed by atoms with Gasteiger partial charge in [0, 0.05) is 33.8 Å². The molecule has 0 radical (unpaired) electrons. The van der Waals surface area contributed by atoms with Crippen LogP contribution in [-0.2, 0) is 11.0 Å². The minimum absolute atomic E-state index is 0.174. The zero-order valence-corrected chi connectivity index (χ0v) is 19.1. The molecule has 4 nitrogen and oxygen atoms in total. The summed E-state index contributed by atoms with van der Waals surface area (Å²) in [7, 11) is 1.50. The zero-order chi connectivity index (χ0) is 25.3. The van der Waals surface area contributed by atoms with Crippen molar-refractivity contribution in [1.82, 2.24) is 0 Å². The summed E-state index contributed by atoms with van der Waals surface area (Å²) in [6, 6.07) is 13.8. The Bertz CT molecular complexity index is 1440. The predicted molar refractivity (Wildman–Crippen MR) is 127 cm³/mol. The Balaban J connectivity index is 1.72. The summed E-state index contributed by atoms with van der Waals surface area (Å²) < 4.78 is 63.9. The molecule has 35 heavy (non-hydrogen) atoms. The highest BCUT2D eigenvalue weighted by Gasteiger charge is 2.34. The number of rotatable bonds is 5. The van der Waals surface area contributed by atoms with Crippen LogP contribution in [0.5, 0.6) is 5.75 Å². The quantitative estimate of drug-likeness (QED) is 0.235. The molecule has 4 rings (SSSR count). The van der Waals surface area contributed by atoms with Crippen molar-refractivity contribution in [3.05, 3.63) is 89.4 Å². The van der Waals surface area contributed by atoms with Crippen LogP contribution in [0.3, 0.4) is 0 Å². The van der Waals surface area contributed by atoms with Crippen molar-refractivity contribution in [3.63, 3.8) is 0 Å². The summed E-state index contributed by atoms with van der Waals surface area (Å²) in [6.07, 6.45) is -1.96. The van der Waals surface area contributed by atoms with Crippen molar-refractivity contribution in [3.8, 4) is 16.9 Å². The van der Waals surface area contributed by atoms with Crippen LogP contribution in [0.2, 0.25) is 0 Å². The average Bonchev–Trinajstić information content (AvgIpc) is 3.24. The molecule has 0 saturated carbocycles. The van der Waals surface area contributed by atoms with Crippen molar-refractivity contribution in [2.24, 2.45) is 0 Å². The second-order valence-corrected chi connectivity index (χ2v) is 7.98. The van der Waals surface area contributed by atoms with E-state index in [9.17, 15) is 22.4 Å². The number of fused-ring (bicyclic) bond motifs is 1. The fraction of sp³-hybridized carbons (Fsp3) is 0.148. The van der Waals surface area contributed by atoms with Gasteiger partial charge in [-0.15, -0.1) is 0 Å². The van der Waals surface area contributed by atoms with Gasteiger partial charge >= 0.3 is 6.18 Å². The van der Waals surface area contributed by atoms with Crippen LogP contribution in [0, 0.1) is 12.7 Å². The molecule has 0 aliphatic rings. The molecule has 0 aliphatic carbocycles. The Hall–Kier alpha value is -4.07. The highest BCUT2D eigenvalue weighted by atomic mass is 19.4. The van der Waals surface area contributed by atoms with Gasteiger partial charge in [0.05, 0.1) is 18.9 Å². The summed E-state index contributed by atoms with van der Waals surface area (Å²) >= 11 is 0. The van der Waals surface area contributed by atoms with Crippen LogP contribution in [0.15, 0.2) is 71.4 Å². The minimum Gasteiger partial charge on any atom is -0.496 e. The molecule has 8 heteroatoms. The summed E-state index contributed by atoms with van der Waals surface area (Å²) in [4.78, 5) is 12.6. The summed E-state index contributed by atoms with van der Waals surface area (Å²) in [5.74, 6) is -1.57. The monoisotopic (exact) mass is 483 g/mol. The minimum atomic E-state index is -4.88. The second-order valence-electron chi connectivity index (χ2n) is 7.98. The lowest BCUT2D eigenvalue weighted by atomic mass is 9.96.